The molecule has 0 heterocycles. The molecule has 0 aromatic carbocycles. The van der Waals surface area contributed by atoms with Crippen molar-refractivity contribution in [2.24, 2.45) is 23.2 Å². The zero-order valence-corrected chi connectivity index (χ0v) is 19.7. The Balaban J connectivity index is 1.71. The van der Waals surface area contributed by atoms with Crippen molar-refractivity contribution in [2.75, 3.05) is 0 Å². The van der Waals surface area contributed by atoms with Crippen LogP contribution in [0.2, 0.25) is 0 Å². The van der Waals surface area contributed by atoms with Gasteiger partial charge in [0.15, 0.2) is 0 Å². The van der Waals surface area contributed by atoms with E-state index >= 15 is 0 Å². The van der Waals surface area contributed by atoms with Gasteiger partial charge in [-0.3, -0.25) is 0 Å². The Bertz CT molecular complexity index is 683. The summed E-state index contributed by atoms with van der Waals surface area (Å²) >= 11 is 0. The van der Waals surface area contributed by atoms with Gasteiger partial charge in [-0.25, -0.2) is 0 Å². The summed E-state index contributed by atoms with van der Waals surface area (Å²) in [5.74, 6) is 1.72. The molecule has 3 aliphatic rings. The largest absolute Gasteiger partial charge is 0.393 e. The molecule has 3 aliphatic carbocycles. The molecule has 1 unspecified atom stereocenters. The highest BCUT2D eigenvalue weighted by molar-refractivity contribution is 5.36. The molecule has 0 bridgehead atoms. The molecule has 30 heavy (non-hydrogen) atoms. The number of hydrogen-bond acceptors (Lipinski definition) is 3. The van der Waals surface area contributed by atoms with Gasteiger partial charge in [0.1, 0.15) is 0 Å². The fourth-order valence-electron chi connectivity index (χ4n) is 6.86. The van der Waals surface area contributed by atoms with E-state index < -0.39 is 11.7 Å². The Kier molecular flexibility index (Phi) is 7.37. The molecule has 3 fully saturated rings. The molecule has 6 atom stereocenters. The molecule has 0 aromatic heterocycles. The van der Waals surface area contributed by atoms with Crippen LogP contribution in [0, 0.1) is 23.2 Å². The maximum absolute atomic E-state index is 10.5. The smallest absolute Gasteiger partial charge is 0.0616 e. The van der Waals surface area contributed by atoms with Gasteiger partial charge < -0.3 is 15.3 Å². The van der Waals surface area contributed by atoms with Gasteiger partial charge in [0.25, 0.3) is 0 Å². The van der Waals surface area contributed by atoms with Crippen LogP contribution in [0.4, 0.5) is 0 Å². The van der Waals surface area contributed by atoms with Crippen LogP contribution in [0.15, 0.2) is 35.5 Å². The minimum Gasteiger partial charge on any atom is -0.393 e. The molecule has 0 aromatic rings. The maximum atomic E-state index is 10.5. The van der Waals surface area contributed by atoms with E-state index in [4.69, 9.17) is 0 Å². The Morgan fingerprint density at radius 3 is 2.63 bits per heavy atom. The summed E-state index contributed by atoms with van der Waals surface area (Å²) in [5.41, 5.74) is 3.49. The Morgan fingerprint density at radius 1 is 1.20 bits per heavy atom. The van der Waals surface area contributed by atoms with Gasteiger partial charge in [-0.15, -0.1) is 0 Å². The van der Waals surface area contributed by atoms with Gasteiger partial charge in [0.2, 0.25) is 0 Å². The first-order valence-corrected chi connectivity index (χ1v) is 12.2. The number of hydrogen-bond donors (Lipinski definition) is 3. The summed E-state index contributed by atoms with van der Waals surface area (Å²) in [6.45, 7) is 12.6. The van der Waals surface area contributed by atoms with Crippen LogP contribution >= 0.6 is 0 Å². The molecule has 0 aliphatic heterocycles. The van der Waals surface area contributed by atoms with Crippen molar-refractivity contribution < 1.29 is 15.3 Å². The van der Waals surface area contributed by atoms with Gasteiger partial charge >= 0.3 is 0 Å². The number of fused-ring (bicyclic) bond motifs is 1. The zero-order valence-electron chi connectivity index (χ0n) is 19.7. The van der Waals surface area contributed by atoms with E-state index in [1.807, 2.05) is 0 Å². The first-order valence-electron chi connectivity index (χ1n) is 12.2. The average molecular weight is 417 g/mol. The first kappa shape index (κ1) is 23.8. The van der Waals surface area contributed by atoms with Gasteiger partial charge in [0.05, 0.1) is 17.8 Å². The average Bonchev–Trinajstić information content (AvgIpc) is 2.98. The molecule has 0 radical (unpaired) electrons. The van der Waals surface area contributed by atoms with Crippen molar-refractivity contribution in [3.05, 3.63) is 35.5 Å². The topological polar surface area (TPSA) is 60.7 Å². The lowest BCUT2D eigenvalue weighted by molar-refractivity contribution is 0.000134. The van der Waals surface area contributed by atoms with Crippen LogP contribution in [-0.4, -0.2) is 33.1 Å². The van der Waals surface area contributed by atoms with Crippen LogP contribution < -0.4 is 0 Å². The highest BCUT2D eigenvalue weighted by Gasteiger charge is 2.50. The molecule has 0 saturated heterocycles. The fraction of sp³-hybridized carbons (Fsp3) is 0.778. The van der Waals surface area contributed by atoms with E-state index in [0.29, 0.717) is 29.6 Å². The zero-order chi connectivity index (χ0) is 22.1. The van der Waals surface area contributed by atoms with Crippen molar-refractivity contribution in [1.82, 2.24) is 0 Å². The summed E-state index contributed by atoms with van der Waals surface area (Å²) in [6.07, 6.45) is 13.8. The highest BCUT2D eigenvalue weighted by Crippen LogP contribution is 2.60. The summed E-state index contributed by atoms with van der Waals surface area (Å²) in [4.78, 5) is 0. The summed E-state index contributed by atoms with van der Waals surface area (Å²) in [5, 5.41) is 30.6. The molecular formula is C27H44O3. The minimum atomic E-state index is -0.813. The molecule has 170 valence electrons. The lowest BCUT2D eigenvalue weighted by atomic mass is 9.60. The van der Waals surface area contributed by atoms with Gasteiger partial charge in [-0.1, -0.05) is 43.7 Å². The number of allylic oxidation sites excluding steroid dienone is 4. The normalized spacial score (nSPS) is 37.4. The molecule has 0 amide bonds. The van der Waals surface area contributed by atoms with Crippen LogP contribution in [0.25, 0.3) is 0 Å². The SMILES string of the molecule is C=C1CC[C@H](O)CC1=CC=C1CCC[C@@]2(C)C1CC[C@@H]2[C@H](C)C[C@H](O)CC(C)(C)O. The standard InChI is InChI=1S/C27H44O3/c1-18-8-11-22(28)16-21(18)10-9-20-7-6-14-27(5)24(12-13-25(20)27)19(2)15-23(29)17-26(3,4)30/h9-10,19,22-25,28-30H,1,6-8,11-17H2,2-5H3/t19-,22+,23+,24-,25?,27-/m1/s1. The lowest BCUT2D eigenvalue weighted by Crippen LogP contribution is -2.37. The van der Waals surface area contributed by atoms with E-state index in [9.17, 15) is 15.3 Å². The van der Waals surface area contributed by atoms with Crippen LogP contribution in [-0.2, 0) is 0 Å². The summed E-state index contributed by atoms with van der Waals surface area (Å²) in [6, 6.07) is 0. The second-order valence-corrected chi connectivity index (χ2v) is 11.4. The second kappa shape index (κ2) is 9.30. The van der Waals surface area contributed by atoms with Gasteiger partial charge in [0, 0.05) is 6.42 Å². The van der Waals surface area contributed by atoms with E-state index in [2.05, 4.69) is 32.6 Å². The minimum absolute atomic E-state index is 0.219. The lowest BCUT2D eigenvalue weighted by Gasteiger charge is -2.44. The van der Waals surface area contributed by atoms with Gasteiger partial charge in [-0.05, 0) is 100 Å². The third-order valence-corrected chi connectivity index (χ3v) is 8.29. The van der Waals surface area contributed by atoms with E-state index in [1.54, 1.807) is 19.4 Å². The van der Waals surface area contributed by atoms with Gasteiger partial charge in [-0.2, -0.15) is 0 Å². The van der Waals surface area contributed by atoms with Crippen molar-refractivity contribution in [3.8, 4) is 0 Å². The molecule has 3 rings (SSSR count). The number of aliphatic hydroxyl groups is 3. The van der Waals surface area contributed by atoms with E-state index in [1.165, 1.54) is 43.3 Å². The molecule has 0 spiro atoms. The predicted molar refractivity (Wildman–Crippen MR) is 124 cm³/mol. The highest BCUT2D eigenvalue weighted by atomic mass is 16.3. The maximum Gasteiger partial charge on any atom is 0.0616 e. The quantitative estimate of drug-likeness (QED) is 0.520. The Labute approximate surface area is 184 Å². The fourth-order valence-corrected chi connectivity index (χ4v) is 6.86. The Morgan fingerprint density at radius 2 is 1.93 bits per heavy atom. The van der Waals surface area contributed by atoms with Crippen LogP contribution in [0.5, 0.6) is 0 Å². The van der Waals surface area contributed by atoms with Crippen molar-refractivity contribution in [2.45, 2.75) is 110 Å². The van der Waals surface area contributed by atoms with Crippen LogP contribution in [0.1, 0.15) is 91.9 Å². The van der Waals surface area contributed by atoms with Crippen molar-refractivity contribution in [1.29, 1.82) is 0 Å². The number of aliphatic hydroxyl groups excluding tert-OH is 2. The molecular weight excluding hydrogens is 372 g/mol. The van der Waals surface area contributed by atoms with Crippen LogP contribution in [0.3, 0.4) is 0 Å². The second-order valence-electron chi connectivity index (χ2n) is 11.4. The number of rotatable bonds is 6. The third-order valence-electron chi connectivity index (χ3n) is 8.29. The molecule has 3 nitrogen and oxygen atoms in total. The molecule has 3 saturated carbocycles. The monoisotopic (exact) mass is 416 g/mol. The van der Waals surface area contributed by atoms with E-state index in [0.717, 1.165) is 25.7 Å². The van der Waals surface area contributed by atoms with Crippen molar-refractivity contribution in [3.63, 3.8) is 0 Å². The first-order chi connectivity index (χ1) is 14.0. The van der Waals surface area contributed by atoms with E-state index in [-0.39, 0.29) is 6.10 Å². The van der Waals surface area contributed by atoms with Crippen molar-refractivity contribution >= 4 is 0 Å². The Hall–Kier alpha value is -0.900. The predicted octanol–water partition coefficient (Wildman–Crippen LogP) is 5.70. The molecule has 3 heteroatoms. The summed E-state index contributed by atoms with van der Waals surface area (Å²) in [7, 11) is 0. The third kappa shape index (κ3) is 5.47. The molecule has 3 N–H and O–H groups in total. The summed E-state index contributed by atoms with van der Waals surface area (Å²) < 4.78 is 0.